The number of likely N-dealkylation sites (N-methyl/N-ethyl adjacent to an activating group) is 1. The predicted octanol–water partition coefficient (Wildman–Crippen LogP) is 4.80. The molecule has 0 bridgehead atoms. The molecular formula is C25H37N3. The molecule has 1 heterocycles. The lowest BCUT2D eigenvalue weighted by Crippen LogP contribution is -2.33. The van der Waals surface area contributed by atoms with Crippen molar-refractivity contribution in [1.82, 2.24) is 9.80 Å². The average molecular weight is 380 g/mol. The zero-order chi connectivity index (χ0) is 19.8. The van der Waals surface area contributed by atoms with Crippen molar-refractivity contribution < 1.29 is 0 Å². The van der Waals surface area contributed by atoms with E-state index in [0.717, 1.165) is 32.6 Å². The topological polar surface area (TPSA) is 9.72 Å². The van der Waals surface area contributed by atoms with Gasteiger partial charge < -0.3 is 9.80 Å². The summed E-state index contributed by atoms with van der Waals surface area (Å²) in [6.45, 7) is 8.82. The average Bonchev–Trinajstić information content (AvgIpc) is 2.73. The Morgan fingerprint density at radius 1 is 0.821 bits per heavy atom. The molecule has 0 amide bonds. The molecule has 3 heteroatoms. The first-order valence-electron chi connectivity index (χ1n) is 10.9. The van der Waals surface area contributed by atoms with Gasteiger partial charge in [-0.05, 0) is 62.5 Å². The largest absolute Gasteiger partial charge is 0.371 e. The number of rotatable bonds is 9. The van der Waals surface area contributed by atoms with Gasteiger partial charge in [0, 0.05) is 45.0 Å². The van der Waals surface area contributed by atoms with Crippen LogP contribution >= 0.6 is 0 Å². The van der Waals surface area contributed by atoms with E-state index in [9.17, 15) is 0 Å². The minimum absolute atomic E-state index is 1.01. The minimum atomic E-state index is 1.01. The van der Waals surface area contributed by atoms with Crippen LogP contribution in [0.2, 0.25) is 0 Å². The number of aryl methyl sites for hydroxylation is 1. The third-order valence-corrected chi connectivity index (χ3v) is 5.75. The van der Waals surface area contributed by atoms with Crippen LogP contribution in [0.1, 0.15) is 42.9 Å². The van der Waals surface area contributed by atoms with Gasteiger partial charge in [0.2, 0.25) is 0 Å². The SMILES string of the molecule is CCc1cccc(CN(CCN(C)C)Cc2ccccc2N2CCCCC2)c1. The molecule has 28 heavy (non-hydrogen) atoms. The smallest absolute Gasteiger partial charge is 0.0411 e. The van der Waals surface area contributed by atoms with Crippen LogP contribution in [0.25, 0.3) is 0 Å². The van der Waals surface area contributed by atoms with E-state index in [4.69, 9.17) is 0 Å². The maximum atomic E-state index is 2.61. The molecule has 0 N–H and O–H groups in total. The second kappa shape index (κ2) is 10.6. The van der Waals surface area contributed by atoms with Crippen molar-refractivity contribution in [3.05, 3.63) is 65.2 Å². The lowest BCUT2D eigenvalue weighted by atomic mass is 10.1. The van der Waals surface area contributed by atoms with Gasteiger partial charge in [0.05, 0.1) is 0 Å². The molecule has 152 valence electrons. The molecule has 2 aromatic rings. The Labute approximate surface area is 172 Å². The third-order valence-electron chi connectivity index (χ3n) is 5.75. The van der Waals surface area contributed by atoms with Gasteiger partial charge >= 0.3 is 0 Å². The maximum Gasteiger partial charge on any atom is 0.0411 e. The number of anilines is 1. The highest BCUT2D eigenvalue weighted by Crippen LogP contribution is 2.26. The number of hydrogen-bond acceptors (Lipinski definition) is 3. The normalized spacial score (nSPS) is 14.8. The zero-order valence-electron chi connectivity index (χ0n) is 18.0. The van der Waals surface area contributed by atoms with Crippen molar-refractivity contribution >= 4 is 5.69 Å². The van der Waals surface area contributed by atoms with Gasteiger partial charge in [-0.15, -0.1) is 0 Å². The fourth-order valence-electron chi connectivity index (χ4n) is 4.09. The summed E-state index contributed by atoms with van der Waals surface area (Å²) in [6, 6.07) is 18.1. The van der Waals surface area contributed by atoms with Gasteiger partial charge in [0.25, 0.3) is 0 Å². The van der Waals surface area contributed by atoms with E-state index in [1.165, 1.54) is 54.7 Å². The highest BCUT2D eigenvalue weighted by Gasteiger charge is 2.16. The number of hydrogen-bond donors (Lipinski definition) is 0. The molecule has 0 unspecified atom stereocenters. The van der Waals surface area contributed by atoms with Crippen molar-refractivity contribution in [3.63, 3.8) is 0 Å². The van der Waals surface area contributed by atoms with Gasteiger partial charge in [-0.1, -0.05) is 49.4 Å². The summed E-state index contributed by atoms with van der Waals surface area (Å²) in [5, 5.41) is 0. The fraction of sp³-hybridized carbons (Fsp3) is 0.520. The molecule has 1 saturated heterocycles. The Kier molecular flexibility index (Phi) is 7.93. The predicted molar refractivity (Wildman–Crippen MR) is 121 cm³/mol. The lowest BCUT2D eigenvalue weighted by molar-refractivity contribution is 0.226. The van der Waals surface area contributed by atoms with E-state index in [0.29, 0.717) is 0 Å². The summed E-state index contributed by atoms with van der Waals surface area (Å²) >= 11 is 0. The molecule has 0 atom stereocenters. The van der Waals surface area contributed by atoms with Crippen LogP contribution in [0.15, 0.2) is 48.5 Å². The van der Waals surface area contributed by atoms with Gasteiger partial charge in [-0.25, -0.2) is 0 Å². The van der Waals surface area contributed by atoms with Gasteiger partial charge in [0.15, 0.2) is 0 Å². The zero-order valence-corrected chi connectivity index (χ0v) is 18.0. The van der Waals surface area contributed by atoms with E-state index in [2.05, 4.69) is 84.2 Å². The molecule has 1 aliphatic rings. The molecule has 0 aliphatic carbocycles. The van der Waals surface area contributed by atoms with Crippen LogP contribution in [-0.4, -0.2) is 50.1 Å². The molecule has 0 saturated carbocycles. The van der Waals surface area contributed by atoms with E-state index in [1.54, 1.807) is 0 Å². The summed E-state index contributed by atoms with van der Waals surface area (Å²) in [5.41, 5.74) is 5.77. The monoisotopic (exact) mass is 379 g/mol. The number of benzene rings is 2. The molecule has 3 rings (SSSR count). The van der Waals surface area contributed by atoms with Crippen LogP contribution in [0.5, 0.6) is 0 Å². The standard InChI is InChI=1S/C25H37N3/c1-4-22-11-10-12-23(19-22)20-27(18-17-26(2)3)21-24-13-6-7-14-25(24)28-15-8-5-9-16-28/h6-7,10-14,19H,4-5,8-9,15-18,20-21H2,1-3H3. The Morgan fingerprint density at radius 3 is 2.32 bits per heavy atom. The molecule has 2 aromatic carbocycles. The maximum absolute atomic E-state index is 2.61. The summed E-state index contributed by atoms with van der Waals surface area (Å²) in [6.07, 6.45) is 5.12. The second-order valence-corrected chi connectivity index (χ2v) is 8.36. The fourth-order valence-corrected chi connectivity index (χ4v) is 4.09. The van der Waals surface area contributed by atoms with Crippen molar-refractivity contribution in [2.24, 2.45) is 0 Å². The van der Waals surface area contributed by atoms with Crippen LogP contribution in [0.3, 0.4) is 0 Å². The molecular weight excluding hydrogens is 342 g/mol. The first-order valence-corrected chi connectivity index (χ1v) is 10.9. The Hall–Kier alpha value is -1.84. The lowest BCUT2D eigenvalue weighted by Gasteiger charge is -2.32. The number of para-hydroxylation sites is 1. The molecule has 1 aliphatic heterocycles. The molecule has 1 fully saturated rings. The summed E-state index contributed by atoms with van der Waals surface area (Å²) in [4.78, 5) is 7.49. The van der Waals surface area contributed by atoms with E-state index < -0.39 is 0 Å². The Morgan fingerprint density at radius 2 is 1.57 bits per heavy atom. The molecule has 3 nitrogen and oxygen atoms in total. The van der Waals surface area contributed by atoms with Crippen LogP contribution in [0, 0.1) is 0 Å². The van der Waals surface area contributed by atoms with Gasteiger partial charge in [0.1, 0.15) is 0 Å². The van der Waals surface area contributed by atoms with Crippen molar-refractivity contribution in [1.29, 1.82) is 0 Å². The Bertz CT molecular complexity index is 719. The number of nitrogens with zero attached hydrogens (tertiary/aromatic N) is 3. The first-order chi connectivity index (χ1) is 13.7. The van der Waals surface area contributed by atoms with Crippen LogP contribution in [0.4, 0.5) is 5.69 Å². The van der Waals surface area contributed by atoms with E-state index >= 15 is 0 Å². The van der Waals surface area contributed by atoms with Crippen molar-refractivity contribution in [2.45, 2.75) is 45.7 Å². The summed E-state index contributed by atoms with van der Waals surface area (Å²) < 4.78 is 0. The van der Waals surface area contributed by atoms with Gasteiger partial charge in [-0.3, -0.25) is 4.90 Å². The molecule has 0 aromatic heterocycles. The second-order valence-electron chi connectivity index (χ2n) is 8.36. The minimum Gasteiger partial charge on any atom is -0.371 e. The van der Waals surface area contributed by atoms with Crippen molar-refractivity contribution in [2.75, 3.05) is 45.2 Å². The van der Waals surface area contributed by atoms with E-state index in [1.807, 2.05) is 0 Å². The number of piperidine rings is 1. The van der Waals surface area contributed by atoms with Crippen molar-refractivity contribution in [3.8, 4) is 0 Å². The third kappa shape index (κ3) is 6.08. The summed E-state index contributed by atoms with van der Waals surface area (Å²) in [7, 11) is 4.33. The van der Waals surface area contributed by atoms with Crippen LogP contribution < -0.4 is 4.90 Å². The highest BCUT2D eigenvalue weighted by atomic mass is 15.2. The summed E-state index contributed by atoms with van der Waals surface area (Å²) in [5.74, 6) is 0. The highest BCUT2D eigenvalue weighted by molar-refractivity contribution is 5.54. The molecule has 0 radical (unpaired) electrons. The first kappa shape index (κ1) is 20.9. The van der Waals surface area contributed by atoms with E-state index in [-0.39, 0.29) is 0 Å². The molecule has 0 spiro atoms. The Balaban J connectivity index is 1.77. The van der Waals surface area contributed by atoms with Crippen LogP contribution in [-0.2, 0) is 19.5 Å². The quantitative estimate of drug-likeness (QED) is 0.619. The van der Waals surface area contributed by atoms with Gasteiger partial charge in [-0.2, -0.15) is 0 Å².